The fraction of sp³-hybridized carbons (Fsp3) is 0.412. The average Bonchev–Trinajstić information content (AvgIpc) is 3.17. The second-order valence-electron chi connectivity index (χ2n) is 5.53. The van der Waals surface area contributed by atoms with Crippen LogP contribution in [0.3, 0.4) is 0 Å². The fourth-order valence-corrected chi connectivity index (χ4v) is 4.28. The lowest BCUT2D eigenvalue weighted by Crippen LogP contribution is -2.36. The first-order valence-electron chi connectivity index (χ1n) is 8.29. The molecule has 0 spiro atoms. The Labute approximate surface area is 160 Å². The molecule has 0 N–H and O–H groups in total. The number of thioether (sulfide) groups is 1. The van der Waals surface area contributed by atoms with Gasteiger partial charge in [0.25, 0.3) is 0 Å². The van der Waals surface area contributed by atoms with Crippen LogP contribution in [0.25, 0.3) is 0 Å². The van der Waals surface area contributed by atoms with Gasteiger partial charge in [-0.25, -0.2) is 0 Å². The quantitative estimate of drug-likeness (QED) is 0.673. The van der Waals surface area contributed by atoms with E-state index in [2.05, 4.69) is 21.2 Å². The lowest BCUT2D eigenvalue weighted by molar-refractivity contribution is -0.116. The number of anilines is 2. The number of benzene rings is 1. The van der Waals surface area contributed by atoms with Crippen molar-refractivity contribution in [3.05, 3.63) is 30.3 Å². The molecule has 1 aliphatic heterocycles. The highest BCUT2D eigenvalue weighted by Crippen LogP contribution is 2.29. The van der Waals surface area contributed by atoms with E-state index in [-0.39, 0.29) is 11.7 Å². The molecule has 9 heteroatoms. The van der Waals surface area contributed by atoms with Gasteiger partial charge in [-0.3, -0.25) is 4.79 Å². The number of ether oxygens (including phenoxy) is 1. The van der Waals surface area contributed by atoms with Gasteiger partial charge in [-0.1, -0.05) is 41.3 Å². The van der Waals surface area contributed by atoms with E-state index >= 15 is 0 Å². The van der Waals surface area contributed by atoms with Crippen LogP contribution in [-0.2, 0) is 9.53 Å². The molecule has 1 saturated heterocycles. The van der Waals surface area contributed by atoms with Crippen molar-refractivity contribution < 1.29 is 9.53 Å². The highest BCUT2D eigenvalue weighted by atomic mass is 32.2. The number of hydrogen-bond acceptors (Lipinski definition) is 8. The zero-order valence-electron chi connectivity index (χ0n) is 14.2. The van der Waals surface area contributed by atoms with E-state index in [1.54, 1.807) is 4.90 Å². The summed E-state index contributed by atoms with van der Waals surface area (Å²) in [4.78, 5) is 16.5. The molecular weight excluding hydrogens is 370 g/mol. The van der Waals surface area contributed by atoms with Crippen LogP contribution in [0, 0.1) is 11.3 Å². The highest BCUT2D eigenvalue weighted by Gasteiger charge is 2.19. The van der Waals surface area contributed by atoms with Crippen LogP contribution in [0.5, 0.6) is 0 Å². The van der Waals surface area contributed by atoms with E-state index in [9.17, 15) is 4.79 Å². The molecule has 1 aromatic heterocycles. The molecule has 0 saturated carbocycles. The van der Waals surface area contributed by atoms with Crippen molar-refractivity contribution in [2.24, 2.45) is 0 Å². The summed E-state index contributed by atoms with van der Waals surface area (Å²) in [5, 5.41) is 18.1. The molecule has 1 amide bonds. The van der Waals surface area contributed by atoms with Crippen LogP contribution in [0.15, 0.2) is 34.7 Å². The maximum Gasteiger partial charge on any atom is 0.237 e. The molecule has 0 aliphatic carbocycles. The summed E-state index contributed by atoms with van der Waals surface area (Å²) in [7, 11) is 0. The smallest absolute Gasteiger partial charge is 0.237 e. The van der Waals surface area contributed by atoms with Crippen LogP contribution >= 0.6 is 23.1 Å². The second-order valence-corrected chi connectivity index (χ2v) is 7.71. The number of nitriles is 1. The lowest BCUT2D eigenvalue weighted by atomic mass is 10.2. The summed E-state index contributed by atoms with van der Waals surface area (Å²) in [5.74, 6) is 0.220. The minimum Gasteiger partial charge on any atom is -0.378 e. The molecule has 136 valence electrons. The molecule has 26 heavy (non-hydrogen) atoms. The number of para-hydroxylation sites is 1. The number of morpholine rings is 1. The van der Waals surface area contributed by atoms with Crippen LogP contribution in [0.2, 0.25) is 0 Å². The summed E-state index contributed by atoms with van der Waals surface area (Å²) >= 11 is 2.88. The normalized spacial score (nSPS) is 14.0. The van der Waals surface area contributed by atoms with Crippen molar-refractivity contribution in [1.82, 2.24) is 10.2 Å². The predicted octanol–water partition coefficient (Wildman–Crippen LogP) is 2.41. The molecule has 0 atom stereocenters. The maximum atomic E-state index is 12.7. The van der Waals surface area contributed by atoms with Gasteiger partial charge in [0.1, 0.15) is 0 Å². The Morgan fingerprint density at radius 3 is 2.81 bits per heavy atom. The van der Waals surface area contributed by atoms with Gasteiger partial charge in [-0.15, -0.1) is 10.2 Å². The molecule has 2 aromatic rings. The largest absolute Gasteiger partial charge is 0.378 e. The molecule has 1 aromatic carbocycles. The molecular formula is C17H19N5O2S2. The van der Waals surface area contributed by atoms with E-state index in [4.69, 9.17) is 10.00 Å². The Morgan fingerprint density at radius 2 is 2.08 bits per heavy atom. The molecule has 1 aliphatic rings. The molecule has 0 bridgehead atoms. The fourth-order valence-electron chi connectivity index (χ4n) is 2.51. The first-order chi connectivity index (χ1) is 12.8. The Bertz CT molecular complexity index is 756. The van der Waals surface area contributed by atoms with Gasteiger partial charge in [0.2, 0.25) is 11.0 Å². The van der Waals surface area contributed by atoms with Crippen molar-refractivity contribution in [3.8, 4) is 6.07 Å². The summed E-state index contributed by atoms with van der Waals surface area (Å²) in [5.41, 5.74) is 0.805. The Hall–Kier alpha value is -2.15. The molecule has 7 nitrogen and oxygen atoms in total. The van der Waals surface area contributed by atoms with Gasteiger partial charge < -0.3 is 14.5 Å². The zero-order chi connectivity index (χ0) is 18.2. The number of carbonyl (C=O) groups excluding carboxylic acids is 1. The summed E-state index contributed by atoms with van der Waals surface area (Å²) in [6.45, 7) is 3.41. The van der Waals surface area contributed by atoms with Crippen molar-refractivity contribution in [1.29, 1.82) is 5.26 Å². The third-order valence-corrected chi connectivity index (χ3v) is 5.91. The minimum absolute atomic E-state index is 0.0421. The molecule has 0 radical (unpaired) electrons. The van der Waals surface area contributed by atoms with E-state index in [1.165, 1.54) is 23.1 Å². The summed E-state index contributed by atoms with van der Waals surface area (Å²) in [6.07, 6.45) is 0.297. The van der Waals surface area contributed by atoms with Crippen LogP contribution in [0.1, 0.15) is 6.42 Å². The molecule has 2 heterocycles. The SMILES string of the molecule is N#CCCN(C(=O)CSc1nnc(N2CCOCC2)s1)c1ccccc1. The van der Waals surface area contributed by atoms with Gasteiger partial charge in [0.05, 0.1) is 31.5 Å². The molecule has 3 rings (SSSR count). The number of hydrogen-bond donors (Lipinski definition) is 0. The third-order valence-electron chi connectivity index (χ3n) is 3.81. The zero-order valence-corrected chi connectivity index (χ0v) is 15.8. The van der Waals surface area contributed by atoms with Gasteiger partial charge in [-0.05, 0) is 12.1 Å². The van der Waals surface area contributed by atoms with Crippen molar-refractivity contribution in [2.75, 3.05) is 48.4 Å². The highest BCUT2D eigenvalue weighted by molar-refractivity contribution is 8.01. The second kappa shape index (κ2) is 9.52. The monoisotopic (exact) mass is 389 g/mol. The van der Waals surface area contributed by atoms with Crippen molar-refractivity contribution in [2.45, 2.75) is 10.8 Å². The number of nitrogens with zero attached hydrogens (tertiary/aromatic N) is 5. The van der Waals surface area contributed by atoms with Crippen molar-refractivity contribution in [3.63, 3.8) is 0 Å². The van der Waals surface area contributed by atoms with Crippen LogP contribution < -0.4 is 9.80 Å². The third kappa shape index (κ3) is 4.94. The van der Waals surface area contributed by atoms with Crippen LogP contribution in [-0.4, -0.2) is 54.7 Å². The maximum absolute atomic E-state index is 12.7. The number of rotatable bonds is 7. The van der Waals surface area contributed by atoms with E-state index < -0.39 is 0 Å². The van der Waals surface area contributed by atoms with Gasteiger partial charge in [0.15, 0.2) is 4.34 Å². The number of aromatic nitrogens is 2. The average molecular weight is 390 g/mol. The molecule has 0 unspecified atom stereocenters. The number of carbonyl (C=O) groups is 1. The Morgan fingerprint density at radius 1 is 1.31 bits per heavy atom. The van der Waals surface area contributed by atoms with E-state index in [0.717, 1.165) is 28.2 Å². The lowest BCUT2D eigenvalue weighted by Gasteiger charge is -2.25. The molecule has 1 fully saturated rings. The first kappa shape index (κ1) is 18.6. The Balaban J connectivity index is 1.59. The Kier molecular flexibility index (Phi) is 6.82. The summed E-state index contributed by atoms with van der Waals surface area (Å²) in [6, 6.07) is 11.5. The predicted molar refractivity (Wildman–Crippen MR) is 103 cm³/mol. The van der Waals surface area contributed by atoms with Crippen LogP contribution in [0.4, 0.5) is 10.8 Å². The standard InChI is InChI=1S/C17H19N5O2S2/c18-7-4-8-22(14-5-2-1-3-6-14)15(23)13-25-17-20-19-16(26-17)21-9-11-24-12-10-21/h1-3,5-6H,4,8-13H2. The summed E-state index contributed by atoms with van der Waals surface area (Å²) < 4.78 is 6.12. The first-order valence-corrected chi connectivity index (χ1v) is 10.1. The van der Waals surface area contributed by atoms with Crippen molar-refractivity contribution >= 4 is 39.8 Å². The minimum atomic E-state index is -0.0421. The topological polar surface area (TPSA) is 82.3 Å². The van der Waals surface area contributed by atoms with E-state index in [0.29, 0.717) is 26.2 Å². The van der Waals surface area contributed by atoms with Gasteiger partial charge in [0, 0.05) is 25.3 Å². The number of amides is 1. The van der Waals surface area contributed by atoms with Gasteiger partial charge in [-0.2, -0.15) is 5.26 Å². The van der Waals surface area contributed by atoms with E-state index in [1.807, 2.05) is 30.3 Å². The van der Waals surface area contributed by atoms with Gasteiger partial charge >= 0.3 is 0 Å².